The molecule has 1 aromatic carbocycles. The number of carbonyl (C=O) groups excluding carboxylic acids is 1. The molecule has 0 fully saturated rings. The summed E-state index contributed by atoms with van der Waals surface area (Å²) in [5, 5.41) is 6.84. The van der Waals surface area contributed by atoms with Gasteiger partial charge in [0, 0.05) is 11.0 Å². The highest BCUT2D eigenvalue weighted by molar-refractivity contribution is 5.81. The summed E-state index contributed by atoms with van der Waals surface area (Å²) in [5.41, 5.74) is 0.248. The maximum Gasteiger partial charge on any atom is 0.249 e. The molecule has 7 heteroatoms. The molecular weight excluding hydrogens is 310 g/mol. The average Bonchev–Trinajstić information content (AvgIpc) is 3.03. The number of rotatable bonds is 5. The maximum atomic E-state index is 12.0. The third kappa shape index (κ3) is 3.84. The van der Waals surface area contributed by atoms with Gasteiger partial charge in [-0.2, -0.15) is 4.98 Å². The molecule has 0 radical (unpaired) electrons. The third-order valence-corrected chi connectivity index (χ3v) is 3.48. The summed E-state index contributed by atoms with van der Waals surface area (Å²) in [5.74, 6) is 1.88. The number of benzene rings is 1. The lowest BCUT2D eigenvalue weighted by Gasteiger charge is -2.19. The van der Waals surface area contributed by atoms with Crippen LogP contribution in [-0.2, 0) is 4.79 Å². The summed E-state index contributed by atoms with van der Waals surface area (Å²) in [7, 11) is 3.14. The van der Waals surface area contributed by atoms with Crippen LogP contribution in [0.1, 0.15) is 39.6 Å². The fourth-order valence-electron chi connectivity index (χ4n) is 1.98. The largest absolute Gasteiger partial charge is 0.493 e. The van der Waals surface area contributed by atoms with Gasteiger partial charge in [0.2, 0.25) is 17.6 Å². The van der Waals surface area contributed by atoms with Crippen LogP contribution in [0.5, 0.6) is 11.5 Å². The van der Waals surface area contributed by atoms with Crippen molar-refractivity contribution in [2.75, 3.05) is 14.2 Å². The van der Waals surface area contributed by atoms with Crippen molar-refractivity contribution in [1.82, 2.24) is 15.5 Å². The molecule has 0 saturated heterocycles. The Hall–Kier alpha value is -2.57. The summed E-state index contributed by atoms with van der Waals surface area (Å²) >= 11 is 0. The number of ether oxygens (including phenoxy) is 2. The van der Waals surface area contributed by atoms with Crippen LogP contribution in [0.2, 0.25) is 0 Å². The fraction of sp³-hybridized carbons (Fsp3) is 0.471. The number of carbonyl (C=O) groups is 1. The number of amides is 1. The highest BCUT2D eigenvalue weighted by Crippen LogP contribution is 2.31. The summed E-state index contributed by atoms with van der Waals surface area (Å²) in [6, 6.07) is 4.98. The summed E-state index contributed by atoms with van der Waals surface area (Å²) in [4.78, 5) is 16.4. The van der Waals surface area contributed by atoms with Crippen molar-refractivity contribution in [3.05, 3.63) is 24.1 Å². The molecule has 0 unspecified atom stereocenters. The Labute approximate surface area is 141 Å². The maximum absolute atomic E-state index is 12.0. The molecule has 0 aliphatic carbocycles. The smallest absolute Gasteiger partial charge is 0.249 e. The first-order valence-corrected chi connectivity index (χ1v) is 7.63. The predicted molar refractivity (Wildman–Crippen MR) is 88.9 cm³/mol. The van der Waals surface area contributed by atoms with Crippen LogP contribution in [-0.4, -0.2) is 30.3 Å². The van der Waals surface area contributed by atoms with E-state index in [9.17, 15) is 4.79 Å². The van der Waals surface area contributed by atoms with Crippen LogP contribution in [0.25, 0.3) is 11.4 Å². The minimum atomic E-state index is -0.486. The van der Waals surface area contributed by atoms with Crippen molar-refractivity contribution >= 4 is 5.91 Å². The number of nitrogens with one attached hydrogen (secondary N) is 1. The molecule has 1 heterocycles. The molecule has 0 spiro atoms. The van der Waals surface area contributed by atoms with Crippen LogP contribution < -0.4 is 14.8 Å². The zero-order chi connectivity index (χ0) is 17.9. The van der Waals surface area contributed by atoms with Gasteiger partial charge in [-0.25, -0.2) is 0 Å². The minimum absolute atomic E-state index is 0.0825. The van der Waals surface area contributed by atoms with E-state index in [4.69, 9.17) is 14.0 Å². The monoisotopic (exact) mass is 333 g/mol. The average molecular weight is 333 g/mol. The van der Waals surface area contributed by atoms with Crippen LogP contribution in [0.15, 0.2) is 22.7 Å². The molecule has 1 aromatic heterocycles. The second-order valence-corrected chi connectivity index (χ2v) is 6.47. The lowest BCUT2D eigenvalue weighted by atomic mass is 9.95. The fourth-order valence-corrected chi connectivity index (χ4v) is 1.98. The highest BCUT2D eigenvalue weighted by Gasteiger charge is 2.25. The van der Waals surface area contributed by atoms with E-state index in [1.54, 1.807) is 33.3 Å². The molecule has 1 atom stereocenters. The Balaban J connectivity index is 2.20. The lowest BCUT2D eigenvalue weighted by Crippen LogP contribution is -2.36. The summed E-state index contributed by atoms with van der Waals surface area (Å²) in [6.45, 7) is 7.34. The predicted octanol–water partition coefficient (Wildman–Crippen LogP) is 2.98. The molecule has 2 rings (SSSR count). The first-order valence-electron chi connectivity index (χ1n) is 7.63. The van der Waals surface area contributed by atoms with Gasteiger partial charge in [-0.1, -0.05) is 25.9 Å². The second kappa shape index (κ2) is 6.90. The Bertz CT molecular complexity index is 719. The number of hydrogen-bond acceptors (Lipinski definition) is 6. The lowest BCUT2D eigenvalue weighted by molar-refractivity contribution is -0.129. The van der Waals surface area contributed by atoms with Crippen LogP contribution in [0.3, 0.4) is 0 Å². The number of hydrogen-bond donors (Lipinski definition) is 1. The second-order valence-electron chi connectivity index (χ2n) is 6.47. The SMILES string of the molecule is COc1ccc(-c2noc([C@H](C)NC(=O)C(C)(C)C)n2)cc1OC. The topological polar surface area (TPSA) is 86.5 Å². The van der Waals surface area contributed by atoms with Gasteiger partial charge in [-0.05, 0) is 25.1 Å². The van der Waals surface area contributed by atoms with E-state index in [0.717, 1.165) is 5.56 Å². The van der Waals surface area contributed by atoms with Crippen molar-refractivity contribution in [1.29, 1.82) is 0 Å². The van der Waals surface area contributed by atoms with Crippen molar-refractivity contribution < 1.29 is 18.8 Å². The molecule has 1 N–H and O–H groups in total. The van der Waals surface area contributed by atoms with E-state index in [1.165, 1.54) is 0 Å². The third-order valence-electron chi connectivity index (χ3n) is 3.48. The first kappa shape index (κ1) is 17.8. The molecule has 0 aliphatic rings. The minimum Gasteiger partial charge on any atom is -0.493 e. The van der Waals surface area contributed by atoms with Gasteiger partial charge in [0.05, 0.1) is 14.2 Å². The van der Waals surface area contributed by atoms with Gasteiger partial charge in [-0.15, -0.1) is 0 Å². The van der Waals surface area contributed by atoms with Crippen LogP contribution in [0.4, 0.5) is 0 Å². The number of methoxy groups -OCH3 is 2. The van der Waals surface area contributed by atoms with E-state index in [1.807, 2.05) is 26.8 Å². The van der Waals surface area contributed by atoms with E-state index in [0.29, 0.717) is 23.2 Å². The molecule has 0 saturated carbocycles. The summed E-state index contributed by atoms with van der Waals surface area (Å²) in [6.07, 6.45) is 0. The van der Waals surface area contributed by atoms with Gasteiger partial charge in [0.25, 0.3) is 0 Å². The standard InChI is InChI=1S/C17H23N3O4/c1-10(18-16(21)17(2,3)4)15-19-14(20-24-15)11-7-8-12(22-5)13(9-11)23-6/h7-10H,1-6H3,(H,18,21)/t10-/m0/s1. The molecule has 1 amide bonds. The van der Waals surface area contributed by atoms with Crippen molar-refractivity contribution in [2.45, 2.75) is 33.7 Å². The van der Waals surface area contributed by atoms with Gasteiger partial charge in [0.1, 0.15) is 6.04 Å². The molecular formula is C17H23N3O4. The van der Waals surface area contributed by atoms with Crippen molar-refractivity contribution in [2.24, 2.45) is 5.41 Å². The van der Waals surface area contributed by atoms with Gasteiger partial charge in [-0.3, -0.25) is 4.79 Å². The van der Waals surface area contributed by atoms with E-state index in [-0.39, 0.29) is 11.9 Å². The van der Waals surface area contributed by atoms with Crippen LogP contribution in [0, 0.1) is 5.41 Å². The Morgan fingerprint density at radius 3 is 2.46 bits per heavy atom. The van der Waals surface area contributed by atoms with E-state index in [2.05, 4.69) is 15.5 Å². The van der Waals surface area contributed by atoms with E-state index < -0.39 is 5.41 Å². The molecule has 0 aliphatic heterocycles. The number of aromatic nitrogens is 2. The van der Waals surface area contributed by atoms with Crippen molar-refractivity contribution in [3.63, 3.8) is 0 Å². The molecule has 0 bridgehead atoms. The Morgan fingerprint density at radius 2 is 1.88 bits per heavy atom. The zero-order valence-electron chi connectivity index (χ0n) is 14.8. The normalized spacial score (nSPS) is 12.6. The molecule has 2 aromatic rings. The van der Waals surface area contributed by atoms with Crippen LogP contribution >= 0.6 is 0 Å². The number of nitrogens with zero attached hydrogens (tertiary/aromatic N) is 2. The first-order chi connectivity index (χ1) is 11.3. The Kier molecular flexibility index (Phi) is 5.11. The molecule has 7 nitrogen and oxygen atoms in total. The molecule has 130 valence electrons. The highest BCUT2D eigenvalue weighted by atomic mass is 16.5. The summed E-state index contributed by atoms with van der Waals surface area (Å²) < 4.78 is 15.8. The molecule has 24 heavy (non-hydrogen) atoms. The van der Waals surface area contributed by atoms with Gasteiger partial charge >= 0.3 is 0 Å². The Morgan fingerprint density at radius 1 is 1.21 bits per heavy atom. The van der Waals surface area contributed by atoms with Crippen molar-refractivity contribution in [3.8, 4) is 22.9 Å². The van der Waals surface area contributed by atoms with E-state index >= 15 is 0 Å². The van der Waals surface area contributed by atoms with Gasteiger partial charge in [0.15, 0.2) is 11.5 Å². The zero-order valence-corrected chi connectivity index (χ0v) is 14.8. The quantitative estimate of drug-likeness (QED) is 0.905. The van der Waals surface area contributed by atoms with Gasteiger partial charge < -0.3 is 19.3 Å².